The van der Waals surface area contributed by atoms with Crippen LogP contribution in [0.5, 0.6) is 0 Å². The van der Waals surface area contributed by atoms with Gasteiger partial charge in [-0.15, -0.1) is 0 Å². The molecule has 2 bridgehead atoms. The number of hydrogen-bond donors (Lipinski definition) is 1. The maximum atomic E-state index is 11.0. The second-order valence-corrected chi connectivity index (χ2v) is 6.86. The average molecular weight is 259 g/mol. The number of benzene rings is 1. The maximum absolute atomic E-state index is 11.0. The molecular formula is C17H25NO. The van der Waals surface area contributed by atoms with Crippen molar-refractivity contribution >= 4 is 0 Å². The van der Waals surface area contributed by atoms with E-state index >= 15 is 0 Å². The van der Waals surface area contributed by atoms with Crippen LogP contribution in [0.1, 0.15) is 42.4 Å². The first-order valence-corrected chi connectivity index (χ1v) is 7.47. The summed E-state index contributed by atoms with van der Waals surface area (Å²) in [4.78, 5) is 2.48. The van der Waals surface area contributed by atoms with E-state index in [-0.39, 0.29) is 0 Å². The van der Waals surface area contributed by atoms with E-state index in [4.69, 9.17) is 0 Å². The molecule has 0 amide bonds. The van der Waals surface area contributed by atoms with Crippen molar-refractivity contribution in [3.63, 3.8) is 0 Å². The van der Waals surface area contributed by atoms with Gasteiger partial charge in [-0.25, -0.2) is 0 Å². The Labute approximate surface area is 116 Å². The van der Waals surface area contributed by atoms with Crippen LogP contribution in [-0.2, 0) is 6.42 Å². The molecular weight excluding hydrogens is 234 g/mol. The molecule has 2 unspecified atom stereocenters. The van der Waals surface area contributed by atoms with Crippen molar-refractivity contribution in [2.45, 2.75) is 63.6 Å². The Morgan fingerprint density at radius 1 is 1.11 bits per heavy atom. The van der Waals surface area contributed by atoms with Gasteiger partial charge in [0.15, 0.2) is 0 Å². The zero-order chi connectivity index (χ0) is 13.6. The van der Waals surface area contributed by atoms with Gasteiger partial charge in [-0.2, -0.15) is 0 Å². The molecule has 104 valence electrons. The molecule has 2 heterocycles. The highest BCUT2D eigenvalue weighted by molar-refractivity contribution is 5.30. The Bertz CT molecular complexity index is 448. The Morgan fingerprint density at radius 2 is 1.63 bits per heavy atom. The quantitative estimate of drug-likeness (QED) is 0.883. The lowest BCUT2D eigenvalue weighted by Gasteiger charge is -2.42. The van der Waals surface area contributed by atoms with E-state index in [1.165, 1.54) is 29.5 Å². The van der Waals surface area contributed by atoms with Crippen LogP contribution in [0.2, 0.25) is 0 Å². The van der Waals surface area contributed by atoms with E-state index in [1.54, 1.807) is 0 Å². The molecule has 2 aliphatic heterocycles. The Hall–Kier alpha value is -0.860. The summed E-state index contributed by atoms with van der Waals surface area (Å²) in [6.45, 7) is 4.28. The molecule has 0 aromatic heterocycles. The fourth-order valence-electron chi connectivity index (χ4n) is 4.24. The summed E-state index contributed by atoms with van der Waals surface area (Å²) < 4.78 is 0. The van der Waals surface area contributed by atoms with E-state index in [9.17, 15) is 5.11 Å². The highest BCUT2D eigenvalue weighted by Gasteiger charge is 2.45. The molecule has 2 aliphatic rings. The summed E-state index contributed by atoms with van der Waals surface area (Å²) >= 11 is 0. The van der Waals surface area contributed by atoms with E-state index < -0.39 is 5.60 Å². The van der Waals surface area contributed by atoms with Crippen LogP contribution < -0.4 is 0 Å². The molecule has 1 aromatic rings. The van der Waals surface area contributed by atoms with Crippen molar-refractivity contribution < 1.29 is 5.11 Å². The van der Waals surface area contributed by atoms with Crippen molar-refractivity contribution in [3.8, 4) is 0 Å². The maximum Gasteiger partial charge on any atom is 0.0717 e. The fourth-order valence-corrected chi connectivity index (χ4v) is 4.24. The number of piperidine rings is 1. The molecule has 2 nitrogen and oxygen atoms in total. The lowest BCUT2D eigenvalue weighted by atomic mass is 9.81. The summed E-state index contributed by atoms with van der Waals surface area (Å²) in [6, 6.07) is 7.84. The van der Waals surface area contributed by atoms with Crippen LogP contribution in [0.3, 0.4) is 0 Å². The zero-order valence-corrected chi connectivity index (χ0v) is 12.3. The number of aryl methyl sites for hydroxylation is 2. The van der Waals surface area contributed by atoms with Crippen molar-refractivity contribution in [1.29, 1.82) is 0 Å². The van der Waals surface area contributed by atoms with Gasteiger partial charge in [-0.1, -0.05) is 29.3 Å². The zero-order valence-electron chi connectivity index (χ0n) is 12.3. The highest BCUT2D eigenvalue weighted by Crippen LogP contribution is 2.41. The molecule has 2 fully saturated rings. The molecule has 2 saturated heterocycles. The third-order valence-electron chi connectivity index (χ3n) is 5.03. The third kappa shape index (κ3) is 2.56. The summed E-state index contributed by atoms with van der Waals surface area (Å²) in [5.41, 5.74) is 3.41. The summed E-state index contributed by atoms with van der Waals surface area (Å²) in [5, 5.41) is 11.0. The van der Waals surface area contributed by atoms with Gasteiger partial charge in [-0.05, 0) is 52.1 Å². The molecule has 0 aliphatic carbocycles. The minimum Gasteiger partial charge on any atom is -0.389 e. The first kappa shape index (κ1) is 13.1. The van der Waals surface area contributed by atoms with Gasteiger partial charge in [0.25, 0.3) is 0 Å². The van der Waals surface area contributed by atoms with Crippen LogP contribution in [0.25, 0.3) is 0 Å². The van der Waals surface area contributed by atoms with Crippen LogP contribution >= 0.6 is 0 Å². The van der Waals surface area contributed by atoms with E-state index in [1.807, 2.05) is 0 Å². The van der Waals surface area contributed by atoms with Gasteiger partial charge in [0.05, 0.1) is 5.60 Å². The normalized spacial score (nSPS) is 34.7. The van der Waals surface area contributed by atoms with Gasteiger partial charge in [0, 0.05) is 18.5 Å². The molecule has 0 spiro atoms. The Morgan fingerprint density at radius 3 is 2.16 bits per heavy atom. The minimum atomic E-state index is -0.488. The first-order valence-electron chi connectivity index (χ1n) is 7.47. The van der Waals surface area contributed by atoms with Gasteiger partial charge in [0.2, 0.25) is 0 Å². The van der Waals surface area contributed by atoms with E-state index in [2.05, 4.69) is 44.0 Å². The highest BCUT2D eigenvalue weighted by atomic mass is 16.3. The number of aliphatic hydroxyl groups is 1. The average Bonchev–Trinajstić information content (AvgIpc) is 2.53. The predicted molar refractivity (Wildman–Crippen MR) is 78.4 cm³/mol. The van der Waals surface area contributed by atoms with Crippen LogP contribution in [0, 0.1) is 13.8 Å². The summed E-state index contributed by atoms with van der Waals surface area (Å²) in [5.74, 6) is 0. The van der Waals surface area contributed by atoms with Crippen molar-refractivity contribution in [2.24, 2.45) is 0 Å². The van der Waals surface area contributed by atoms with E-state index in [0.29, 0.717) is 12.1 Å². The predicted octanol–water partition coefficient (Wildman–Crippen LogP) is 2.83. The standard InChI is InChI=1S/C17H25NO/c1-12-6-13(2)8-14(7-12)9-17(19)10-15-4-5-16(11-17)18(15)3/h6-8,15-16,19H,4-5,9-11H2,1-3H3. The van der Waals surface area contributed by atoms with Crippen molar-refractivity contribution in [1.82, 2.24) is 4.90 Å². The Kier molecular flexibility index (Phi) is 3.18. The largest absolute Gasteiger partial charge is 0.389 e. The fraction of sp³-hybridized carbons (Fsp3) is 0.647. The van der Waals surface area contributed by atoms with Gasteiger partial charge < -0.3 is 10.0 Å². The van der Waals surface area contributed by atoms with Crippen molar-refractivity contribution in [3.05, 3.63) is 34.9 Å². The van der Waals surface area contributed by atoms with Gasteiger partial charge in [0.1, 0.15) is 0 Å². The number of rotatable bonds is 2. The minimum absolute atomic E-state index is 0.488. The van der Waals surface area contributed by atoms with E-state index in [0.717, 1.165) is 19.3 Å². The molecule has 19 heavy (non-hydrogen) atoms. The molecule has 0 radical (unpaired) electrons. The lowest BCUT2D eigenvalue weighted by Crippen LogP contribution is -2.50. The molecule has 3 rings (SSSR count). The molecule has 1 N–H and O–H groups in total. The monoisotopic (exact) mass is 259 g/mol. The SMILES string of the molecule is Cc1cc(C)cc(CC2(O)CC3CCC(C2)N3C)c1. The smallest absolute Gasteiger partial charge is 0.0717 e. The summed E-state index contributed by atoms with van der Waals surface area (Å²) in [6.07, 6.45) is 5.21. The first-order chi connectivity index (χ1) is 8.95. The van der Waals surface area contributed by atoms with Crippen LogP contribution in [-0.4, -0.2) is 34.7 Å². The number of hydrogen-bond acceptors (Lipinski definition) is 2. The Balaban J connectivity index is 1.79. The second-order valence-electron chi connectivity index (χ2n) is 6.86. The number of nitrogens with zero attached hydrogens (tertiary/aromatic N) is 1. The van der Waals surface area contributed by atoms with Crippen molar-refractivity contribution in [2.75, 3.05) is 7.05 Å². The van der Waals surface area contributed by atoms with Crippen LogP contribution in [0.4, 0.5) is 0 Å². The topological polar surface area (TPSA) is 23.5 Å². The second kappa shape index (κ2) is 4.60. The number of fused-ring (bicyclic) bond motifs is 2. The van der Waals surface area contributed by atoms with Gasteiger partial charge in [-0.3, -0.25) is 0 Å². The summed E-state index contributed by atoms with van der Waals surface area (Å²) in [7, 11) is 2.22. The molecule has 2 heteroatoms. The third-order valence-corrected chi connectivity index (χ3v) is 5.03. The van der Waals surface area contributed by atoms with Gasteiger partial charge >= 0.3 is 0 Å². The van der Waals surface area contributed by atoms with Crippen LogP contribution in [0.15, 0.2) is 18.2 Å². The molecule has 0 saturated carbocycles. The molecule has 1 aromatic carbocycles. The molecule has 2 atom stereocenters. The lowest BCUT2D eigenvalue weighted by molar-refractivity contribution is -0.0437.